The summed E-state index contributed by atoms with van der Waals surface area (Å²) in [5.41, 5.74) is 0.927. The Morgan fingerprint density at radius 2 is 2.04 bits per heavy atom. The molecule has 0 aliphatic carbocycles. The second-order valence-corrected chi connectivity index (χ2v) is 5.75. The third-order valence-electron chi connectivity index (χ3n) is 3.86. The van der Waals surface area contributed by atoms with Crippen molar-refractivity contribution in [3.63, 3.8) is 0 Å². The smallest absolute Gasteiger partial charge is 0.161 e. The predicted molar refractivity (Wildman–Crippen MR) is 91.7 cm³/mol. The van der Waals surface area contributed by atoms with E-state index in [1.54, 1.807) is 7.11 Å². The Morgan fingerprint density at radius 3 is 2.79 bits per heavy atom. The van der Waals surface area contributed by atoms with Crippen LogP contribution in [0, 0.1) is 6.92 Å². The zero-order valence-electron chi connectivity index (χ0n) is 14.4. The number of anilines is 1. The first-order valence-electron chi connectivity index (χ1n) is 8.16. The molecule has 0 fully saturated rings. The Balaban J connectivity index is 1.73. The number of methoxy groups -OCH3 is 1. The van der Waals surface area contributed by atoms with Crippen molar-refractivity contribution in [2.24, 2.45) is 0 Å². The predicted octanol–water partition coefficient (Wildman–Crippen LogP) is 2.60. The van der Waals surface area contributed by atoms with Gasteiger partial charge in [0.25, 0.3) is 0 Å². The molecule has 0 bridgehead atoms. The van der Waals surface area contributed by atoms with Crippen molar-refractivity contribution in [2.75, 3.05) is 31.7 Å². The highest BCUT2D eigenvalue weighted by Crippen LogP contribution is 2.31. The fourth-order valence-corrected chi connectivity index (χ4v) is 2.75. The van der Waals surface area contributed by atoms with E-state index in [0.29, 0.717) is 25.6 Å². The van der Waals surface area contributed by atoms with E-state index in [1.165, 1.54) is 0 Å². The van der Waals surface area contributed by atoms with Gasteiger partial charge >= 0.3 is 0 Å². The number of hydrogen-bond donors (Lipinski definition) is 0. The summed E-state index contributed by atoms with van der Waals surface area (Å²) in [7, 11) is 1.65. The standard InChI is InChI=1S/C18H23N3O3/c1-4-21(18-9-13(2)19-17(20-18)12-22-3)10-14-11-23-15-7-5-6-8-16(15)24-14/h5-9,14H,4,10-12H2,1-3H3. The molecule has 2 aromatic rings. The first-order chi connectivity index (χ1) is 11.7. The molecule has 0 N–H and O–H groups in total. The van der Waals surface area contributed by atoms with Crippen molar-refractivity contribution < 1.29 is 14.2 Å². The van der Waals surface area contributed by atoms with Crippen LogP contribution in [0.2, 0.25) is 0 Å². The van der Waals surface area contributed by atoms with Crippen molar-refractivity contribution in [1.82, 2.24) is 9.97 Å². The molecule has 1 atom stereocenters. The number of hydrogen-bond acceptors (Lipinski definition) is 6. The number of benzene rings is 1. The van der Waals surface area contributed by atoms with Crippen molar-refractivity contribution in [1.29, 1.82) is 0 Å². The average Bonchev–Trinajstić information content (AvgIpc) is 2.59. The van der Waals surface area contributed by atoms with Crippen LogP contribution in [-0.4, -0.2) is 42.9 Å². The molecule has 0 amide bonds. The second kappa shape index (κ2) is 7.49. The largest absolute Gasteiger partial charge is 0.486 e. The SMILES string of the molecule is CCN(CC1COc2ccccc2O1)c1cc(C)nc(COC)n1. The molecule has 0 radical (unpaired) electrons. The molecule has 1 unspecified atom stereocenters. The van der Waals surface area contributed by atoms with Crippen molar-refractivity contribution in [3.8, 4) is 11.5 Å². The lowest BCUT2D eigenvalue weighted by Crippen LogP contribution is -2.41. The molecule has 1 aromatic carbocycles. The number of aryl methyl sites for hydroxylation is 1. The van der Waals surface area contributed by atoms with E-state index in [0.717, 1.165) is 29.6 Å². The van der Waals surface area contributed by atoms with Gasteiger partial charge in [-0.2, -0.15) is 0 Å². The third kappa shape index (κ3) is 3.76. The summed E-state index contributed by atoms with van der Waals surface area (Å²) >= 11 is 0. The number of nitrogens with zero attached hydrogens (tertiary/aromatic N) is 3. The van der Waals surface area contributed by atoms with E-state index >= 15 is 0 Å². The summed E-state index contributed by atoms with van der Waals surface area (Å²) < 4.78 is 17.0. The summed E-state index contributed by atoms with van der Waals surface area (Å²) in [4.78, 5) is 11.2. The van der Waals surface area contributed by atoms with Gasteiger partial charge in [0, 0.05) is 25.4 Å². The molecule has 3 rings (SSSR count). The molecule has 6 heteroatoms. The fraction of sp³-hybridized carbons (Fsp3) is 0.444. The number of likely N-dealkylation sites (N-methyl/N-ethyl adjacent to an activating group) is 1. The maximum atomic E-state index is 6.06. The van der Waals surface area contributed by atoms with E-state index in [1.807, 2.05) is 37.3 Å². The topological polar surface area (TPSA) is 56.7 Å². The summed E-state index contributed by atoms with van der Waals surface area (Å²) in [6.45, 7) is 6.53. The first kappa shape index (κ1) is 16.5. The molecule has 2 heterocycles. The lowest BCUT2D eigenvalue weighted by molar-refractivity contribution is 0.0952. The van der Waals surface area contributed by atoms with Gasteiger partial charge in [0.1, 0.15) is 19.0 Å². The monoisotopic (exact) mass is 329 g/mol. The molecule has 1 aliphatic heterocycles. The van der Waals surface area contributed by atoms with E-state index in [-0.39, 0.29) is 6.10 Å². The zero-order valence-corrected chi connectivity index (χ0v) is 14.4. The second-order valence-electron chi connectivity index (χ2n) is 5.75. The fourth-order valence-electron chi connectivity index (χ4n) is 2.75. The average molecular weight is 329 g/mol. The van der Waals surface area contributed by atoms with E-state index in [2.05, 4.69) is 21.8 Å². The van der Waals surface area contributed by atoms with Gasteiger partial charge in [0.15, 0.2) is 23.4 Å². The molecule has 24 heavy (non-hydrogen) atoms. The molecule has 0 spiro atoms. The molecule has 1 aromatic heterocycles. The molecular formula is C18H23N3O3. The van der Waals surface area contributed by atoms with Gasteiger partial charge in [-0.05, 0) is 26.0 Å². The number of para-hydroxylation sites is 2. The number of rotatable bonds is 6. The molecular weight excluding hydrogens is 306 g/mol. The van der Waals surface area contributed by atoms with Gasteiger partial charge in [-0.3, -0.25) is 0 Å². The summed E-state index contributed by atoms with van der Waals surface area (Å²) in [6, 6.07) is 9.74. The lowest BCUT2D eigenvalue weighted by atomic mass is 10.2. The molecule has 1 aliphatic rings. The van der Waals surface area contributed by atoms with Crippen molar-refractivity contribution in [3.05, 3.63) is 41.9 Å². The van der Waals surface area contributed by atoms with Crippen LogP contribution >= 0.6 is 0 Å². The summed E-state index contributed by atoms with van der Waals surface area (Å²) in [6.07, 6.45) is -0.0407. The van der Waals surface area contributed by atoms with Crippen molar-refractivity contribution in [2.45, 2.75) is 26.6 Å². The van der Waals surface area contributed by atoms with Gasteiger partial charge in [-0.1, -0.05) is 12.1 Å². The Bertz CT molecular complexity index is 693. The molecule has 0 saturated heterocycles. The third-order valence-corrected chi connectivity index (χ3v) is 3.86. The van der Waals surface area contributed by atoms with Gasteiger partial charge in [-0.15, -0.1) is 0 Å². The van der Waals surface area contributed by atoms with E-state index in [9.17, 15) is 0 Å². The van der Waals surface area contributed by atoms with Crippen LogP contribution in [-0.2, 0) is 11.3 Å². The minimum atomic E-state index is -0.0407. The summed E-state index contributed by atoms with van der Waals surface area (Å²) in [5.74, 6) is 3.18. The van der Waals surface area contributed by atoms with Crippen molar-refractivity contribution >= 4 is 5.82 Å². The van der Waals surface area contributed by atoms with Crippen LogP contribution in [0.15, 0.2) is 30.3 Å². The molecule has 128 valence electrons. The maximum absolute atomic E-state index is 6.06. The first-order valence-corrected chi connectivity index (χ1v) is 8.16. The maximum Gasteiger partial charge on any atom is 0.161 e. The Kier molecular flexibility index (Phi) is 5.15. The quantitative estimate of drug-likeness (QED) is 0.812. The molecule has 0 saturated carbocycles. The van der Waals surface area contributed by atoms with Crippen LogP contribution in [0.4, 0.5) is 5.82 Å². The van der Waals surface area contributed by atoms with Gasteiger partial charge in [0.05, 0.1) is 6.54 Å². The Hall–Kier alpha value is -2.34. The highest BCUT2D eigenvalue weighted by Gasteiger charge is 2.23. The lowest BCUT2D eigenvalue weighted by Gasteiger charge is -2.31. The van der Waals surface area contributed by atoms with Gasteiger partial charge < -0.3 is 19.1 Å². The summed E-state index contributed by atoms with van der Waals surface area (Å²) in [5, 5.41) is 0. The highest BCUT2D eigenvalue weighted by atomic mass is 16.6. The number of ether oxygens (including phenoxy) is 3. The van der Waals surface area contributed by atoms with Gasteiger partial charge in [-0.25, -0.2) is 9.97 Å². The van der Waals surface area contributed by atoms with Crippen LogP contribution < -0.4 is 14.4 Å². The number of fused-ring (bicyclic) bond motifs is 1. The minimum absolute atomic E-state index is 0.0407. The Labute approximate surface area is 142 Å². The minimum Gasteiger partial charge on any atom is -0.486 e. The zero-order chi connectivity index (χ0) is 16.9. The highest BCUT2D eigenvalue weighted by molar-refractivity contribution is 5.42. The molecule has 6 nitrogen and oxygen atoms in total. The normalized spacial score (nSPS) is 16.0. The van der Waals surface area contributed by atoms with Crippen LogP contribution in [0.5, 0.6) is 11.5 Å². The van der Waals surface area contributed by atoms with E-state index in [4.69, 9.17) is 14.2 Å². The van der Waals surface area contributed by atoms with E-state index < -0.39 is 0 Å². The number of aromatic nitrogens is 2. The Morgan fingerprint density at radius 1 is 1.25 bits per heavy atom. The van der Waals surface area contributed by atoms with Crippen LogP contribution in [0.1, 0.15) is 18.4 Å². The van der Waals surface area contributed by atoms with Crippen LogP contribution in [0.3, 0.4) is 0 Å². The van der Waals surface area contributed by atoms with Gasteiger partial charge in [0.2, 0.25) is 0 Å². The van der Waals surface area contributed by atoms with Crippen LogP contribution in [0.25, 0.3) is 0 Å².